The molecule has 0 aliphatic rings. The lowest BCUT2D eigenvalue weighted by atomic mass is 10.4. The molecule has 0 saturated heterocycles. The molecule has 0 saturated carbocycles. The summed E-state index contributed by atoms with van der Waals surface area (Å²) in [5, 5.41) is 7.41. The van der Waals surface area contributed by atoms with E-state index in [-0.39, 0.29) is 12.3 Å². The number of thiazole rings is 1. The SMILES string of the molecule is CCOC(=O)c1sc(N/C=C(/NC(=O)c2cccs2)C(=O)OC)nc1C. The molecule has 0 aliphatic carbocycles. The zero-order valence-electron chi connectivity index (χ0n) is 14.3. The molecule has 10 heteroatoms. The number of hydrogen-bond acceptors (Lipinski definition) is 9. The predicted molar refractivity (Wildman–Crippen MR) is 98.3 cm³/mol. The van der Waals surface area contributed by atoms with Gasteiger partial charge in [-0.05, 0) is 25.3 Å². The zero-order valence-corrected chi connectivity index (χ0v) is 16.0. The van der Waals surface area contributed by atoms with Crippen LogP contribution in [0.3, 0.4) is 0 Å². The van der Waals surface area contributed by atoms with Gasteiger partial charge >= 0.3 is 11.9 Å². The second-order valence-electron chi connectivity index (χ2n) is 4.78. The summed E-state index contributed by atoms with van der Waals surface area (Å²) in [6.07, 6.45) is 1.27. The molecule has 8 nitrogen and oxygen atoms in total. The summed E-state index contributed by atoms with van der Waals surface area (Å²) >= 11 is 2.33. The number of ether oxygens (including phenoxy) is 2. The zero-order chi connectivity index (χ0) is 19.1. The highest BCUT2D eigenvalue weighted by molar-refractivity contribution is 7.17. The van der Waals surface area contributed by atoms with Crippen LogP contribution in [-0.4, -0.2) is 36.5 Å². The average Bonchev–Trinajstić information content (AvgIpc) is 3.27. The third-order valence-corrected chi connectivity index (χ3v) is 4.93. The smallest absolute Gasteiger partial charge is 0.356 e. The van der Waals surface area contributed by atoms with Crippen LogP contribution in [0.1, 0.15) is 32.0 Å². The average molecular weight is 395 g/mol. The van der Waals surface area contributed by atoms with Crippen LogP contribution < -0.4 is 10.6 Å². The summed E-state index contributed by atoms with van der Waals surface area (Å²) in [5.74, 6) is -1.61. The Labute approximate surface area is 157 Å². The number of methoxy groups -OCH3 is 1. The second-order valence-corrected chi connectivity index (χ2v) is 6.73. The van der Waals surface area contributed by atoms with Crippen molar-refractivity contribution in [3.63, 3.8) is 0 Å². The van der Waals surface area contributed by atoms with E-state index in [0.29, 0.717) is 20.6 Å². The first-order valence-corrected chi connectivity index (χ1v) is 9.20. The third-order valence-electron chi connectivity index (χ3n) is 3.00. The van der Waals surface area contributed by atoms with Crippen molar-refractivity contribution in [3.8, 4) is 0 Å². The minimum Gasteiger partial charge on any atom is -0.464 e. The molecule has 2 aromatic rings. The Morgan fingerprint density at radius 1 is 1.35 bits per heavy atom. The van der Waals surface area contributed by atoms with Crippen molar-refractivity contribution in [2.45, 2.75) is 13.8 Å². The number of nitrogens with zero attached hydrogens (tertiary/aromatic N) is 1. The topological polar surface area (TPSA) is 107 Å². The minimum absolute atomic E-state index is 0.0866. The number of carbonyl (C=O) groups is 3. The molecule has 2 N–H and O–H groups in total. The van der Waals surface area contributed by atoms with Gasteiger partial charge in [0.2, 0.25) is 0 Å². The van der Waals surface area contributed by atoms with Crippen molar-refractivity contribution in [2.75, 3.05) is 19.0 Å². The Kier molecular flexibility index (Phi) is 6.87. The van der Waals surface area contributed by atoms with Gasteiger partial charge in [-0.15, -0.1) is 11.3 Å². The van der Waals surface area contributed by atoms with Crippen molar-refractivity contribution in [1.82, 2.24) is 10.3 Å². The van der Waals surface area contributed by atoms with Gasteiger partial charge in [-0.3, -0.25) is 4.79 Å². The van der Waals surface area contributed by atoms with E-state index in [1.165, 1.54) is 24.6 Å². The van der Waals surface area contributed by atoms with E-state index in [0.717, 1.165) is 11.3 Å². The Morgan fingerprint density at radius 3 is 2.73 bits per heavy atom. The summed E-state index contributed by atoms with van der Waals surface area (Å²) in [6.45, 7) is 3.66. The number of hydrogen-bond donors (Lipinski definition) is 2. The van der Waals surface area contributed by atoms with Crippen molar-refractivity contribution in [1.29, 1.82) is 0 Å². The van der Waals surface area contributed by atoms with Crippen molar-refractivity contribution >= 4 is 45.7 Å². The van der Waals surface area contributed by atoms with Crippen LogP contribution >= 0.6 is 22.7 Å². The maximum absolute atomic E-state index is 12.1. The lowest BCUT2D eigenvalue weighted by Crippen LogP contribution is -2.28. The van der Waals surface area contributed by atoms with Crippen LogP contribution in [0.4, 0.5) is 5.13 Å². The molecule has 0 fully saturated rings. The summed E-state index contributed by atoms with van der Waals surface area (Å²) < 4.78 is 9.62. The number of aromatic nitrogens is 1. The molecule has 0 bridgehead atoms. The number of thiophene rings is 1. The van der Waals surface area contributed by atoms with E-state index >= 15 is 0 Å². The van der Waals surface area contributed by atoms with Gasteiger partial charge in [0.15, 0.2) is 5.13 Å². The van der Waals surface area contributed by atoms with Crippen LogP contribution in [0, 0.1) is 6.92 Å². The number of amides is 1. The summed E-state index contributed by atoms with van der Waals surface area (Å²) in [7, 11) is 1.21. The lowest BCUT2D eigenvalue weighted by molar-refractivity contribution is -0.136. The minimum atomic E-state index is -0.721. The molecular weight excluding hydrogens is 378 g/mol. The van der Waals surface area contributed by atoms with E-state index < -0.39 is 17.8 Å². The molecule has 2 rings (SSSR count). The first kappa shape index (κ1) is 19.6. The molecule has 138 valence electrons. The maximum atomic E-state index is 12.1. The molecule has 0 radical (unpaired) electrons. The number of aryl methyl sites for hydroxylation is 1. The van der Waals surface area contributed by atoms with Gasteiger partial charge in [0.25, 0.3) is 5.91 Å². The fourth-order valence-corrected chi connectivity index (χ4v) is 3.27. The summed E-state index contributed by atoms with van der Waals surface area (Å²) in [4.78, 5) is 40.8. The number of esters is 2. The van der Waals surface area contributed by atoms with Crippen LogP contribution in [0.5, 0.6) is 0 Å². The molecule has 2 aromatic heterocycles. The molecule has 26 heavy (non-hydrogen) atoms. The van der Waals surface area contributed by atoms with E-state index in [2.05, 4.69) is 20.4 Å². The molecule has 0 unspecified atom stereocenters. The molecular formula is C16H17N3O5S2. The van der Waals surface area contributed by atoms with Crippen LogP contribution in [-0.2, 0) is 14.3 Å². The van der Waals surface area contributed by atoms with Gasteiger partial charge in [-0.25, -0.2) is 14.6 Å². The Balaban J connectivity index is 2.15. The predicted octanol–water partition coefficient (Wildman–Crippen LogP) is 2.55. The summed E-state index contributed by atoms with van der Waals surface area (Å²) in [6, 6.07) is 3.37. The highest BCUT2D eigenvalue weighted by atomic mass is 32.1. The highest BCUT2D eigenvalue weighted by Gasteiger charge is 2.18. The number of carbonyl (C=O) groups excluding carboxylic acids is 3. The number of anilines is 1. The first-order valence-electron chi connectivity index (χ1n) is 7.50. The maximum Gasteiger partial charge on any atom is 0.356 e. The van der Waals surface area contributed by atoms with Gasteiger partial charge in [0.05, 0.1) is 24.3 Å². The van der Waals surface area contributed by atoms with Crippen molar-refractivity contribution in [2.24, 2.45) is 0 Å². The van der Waals surface area contributed by atoms with E-state index in [1.54, 1.807) is 31.4 Å². The van der Waals surface area contributed by atoms with Crippen molar-refractivity contribution in [3.05, 3.63) is 44.9 Å². The lowest BCUT2D eigenvalue weighted by Gasteiger charge is -2.07. The second kappa shape index (κ2) is 9.11. The van der Waals surface area contributed by atoms with Gasteiger partial charge in [-0.1, -0.05) is 17.4 Å². The first-order chi connectivity index (χ1) is 12.5. The highest BCUT2D eigenvalue weighted by Crippen LogP contribution is 2.23. The van der Waals surface area contributed by atoms with Crippen LogP contribution in [0.15, 0.2) is 29.4 Å². The van der Waals surface area contributed by atoms with Crippen LogP contribution in [0.2, 0.25) is 0 Å². The Morgan fingerprint density at radius 2 is 2.12 bits per heavy atom. The number of nitrogens with one attached hydrogen (secondary N) is 2. The molecule has 0 atom stereocenters. The monoisotopic (exact) mass is 395 g/mol. The quantitative estimate of drug-likeness (QED) is 0.548. The van der Waals surface area contributed by atoms with Gasteiger partial charge < -0.3 is 20.1 Å². The molecule has 0 aliphatic heterocycles. The Hall–Kier alpha value is -2.72. The van der Waals surface area contributed by atoms with E-state index in [4.69, 9.17) is 4.74 Å². The van der Waals surface area contributed by atoms with Crippen molar-refractivity contribution < 1.29 is 23.9 Å². The fourth-order valence-electron chi connectivity index (χ4n) is 1.83. The summed E-state index contributed by atoms with van der Waals surface area (Å²) in [5.41, 5.74) is 0.419. The van der Waals surface area contributed by atoms with E-state index in [9.17, 15) is 14.4 Å². The largest absolute Gasteiger partial charge is 0.464 e. The third kappa shape index (κ3) is 4.90. The molecule has 0 spiro atoms. The van der Waals surface area contributed by atoms with Gasteiger partial charge in [0.1, 0.15) is 10.6 Å². The molecule has 0 aromatic carbocycles. The standard InChI is InChI=1S/C16H17N3O5S2/c1-4-24-15(22)12-9(2)18-16(26-12)17-8-10(14(21)23-3)19-13(20)11-6-5-7-25-11/h5-8H,4H2,1-3H3,(H,17,18)(H,19,20)/b10-8+. The normalized spacial score (nSPS) is 11.0. The van der Waals surface area contributed by atoms with E-state index in [1.807, 2.05) is 0 Å². The fraction of sp³-hybridized carbons (Fsp3) is 0.250. The molecule has 1 amide bonds. The Bertz CT molecular complexity index is 827. The van der Waals surface area contributed by atoms with Crippen LogP contribution in [0.25, 0.3) is 0 Å². The van der Waals surface area contributed by atoms with Gasteiger partial charge in [0, 0.05) is 6.20 Å². The van der Waals surface area contributed by atoms with Gasteiger partial charge in [-0.2, -0.15) is 0 Å². The molecule has 2 heterocycles. The number of rotatable bonds is 7.